The number of fused-ring (bicyclic) bond motifs is 3. The van der Waals surface area contributed by atoms with E-state index in [9.17, 15) is 0 Å². The van der Waals surface area contributed by atoms with Crippen molar-refractivity contribution in [2.24, 2.45) is 23.2 Å². The van der Waals surface area contributed by atoms with Crippen LogP contribution in [0.2, 0.25) is 0 Å². The molecule has 111 valence electrons. The molecular weight excluding hydrogens is 378 g/mol. The number of hydrogen-bond donors (Lipinski definition) is 0. The van der Waals surface area contributed by atoms with Gasteiger partial charge in [0.25, 0.3) is 0 Å². The van der Waals surface area contributed by atoms with Crippen LogP contribution in [-0.2, 0) is 26.2 Å². The summed E-state index contributed by atoms with van der Waals surface area (Å²) in [7, 11) is 0. The second kappa shape index (κ2) is 7.80. The zero-order valence-electron chi connectivity index (χ0n) is 12.1. The van der Waals surface area contributed by atoms with Crippen LogP contribution in [0, 0.1) is 29.6 Å². The molecule has 4 aliphatic rings. The molecule has 0 N–H and O–H groups in total. The molecule has 2 saturated carbocycles. The van der Waals surface area contributed by atoms with E-state index in [1.165, 1.54) is 32.1 Å². The molecule has 21 heavy (non-hydrogen) atoms. The summed E-state index contributed by atoms with van der Waals surface area (Å²) >= 11 is 0. The minimum atomic E-state index is 0. The molecule has 1 radical (unpaired) electrons. The van der Waals surface area contributed by atoms with Gasteiger partial charge in [-0.05, 0) is 12.3 Å². The summed E-state index contributed by atoms with van der Waals surface area (Å²) in [6.07, 6.45) is 26.0. The van der Waals surface area contributed by atoms with Crippen LogP contribution in [-0.4, -0.2) is 0 Å². The predicted octanol–water partition coefficient (Wildman–Crippen LogP) is -1.37. The SMILES string of the molecule is C1=CCC(C23[CH-]C4C=CC=CC4C2CCCC3)=C1.[Cl-].[Cl-].[Zr+3]. The Bertz CT molecular complexity index is 478. The van der Waals surface area contributed by atoms with Crippen molar-refractivity contribution in [1.82, 2.24) is 0 Å². The summed E-state index contributed by atoms with van der Waals surface area (Å²) in [4.78, 5) is 0. The van der Waals surface area contributed by atoms with E-state index in [1.54, 1.807) is 5.57 Å². The Morgan fingerprint density at radius 2 is 1.86 bits per heavy atom. The minimum Gasteiger partial charge on any atom is -1.00 e. The largest absolute Gasteiger partial charge is 3.00 e. The smallest absolute Gasteiger partial charge is 1.00 e. The van der Waals surface area contributed by atoms with Crippen LogP contribution in [0.3, 0.4) is 0 Å². The van der Waals surface area contributed by atoms with Crippen LogP contribution in [0.25, 0.3) is 0 Å². The normalized spacial score (nSPS) is 38.5. The van der Waals surface area contributed by atoms with E-state index in [1.807, 2.05) is 0 Å². The second-order valence-electron chi connectivity index (χ2n) is 6.31. The summed E-state index contributed by atoms with van der Waals surface area (Å²) in [5, 5.41) is 0. The molecule has 0 spiro atoms. The van der Waals surface area contributed by atoms with E-state index in [4.69, 9.17) is 0 Å². The van der Waals surface area contributed by atoms with E-state index in [2.05, 4.69) is 49.0 Å². The van der Waals surface area contributed by atoms with Gasteiger partial charge in [0.15, 0.2) is 0 Å². The molecule has 4 atom stereocenters. The number of allylic oxidation sites excluding steroid dienone is 8. The first kappa shape index (κ1) is 19.5. The van der Waals surface area contributed by atoms with Gasteiger partial charge in [-0.25, -0.2) is 0 Å². The van der Waals surface area contributed by atoms with Crippen LogP contribution >= 0.6 is 0 Å². The fourth-order valence-corrected chi connectivity index (χ4v) is 4.82. The number of rotatable bonds is 1. The average Bonchev–Trinajstić information content (AvgIpc) is 3.05. The minimum absolute atomic E-state index is 0. The van der Waals surface area contributed by atoms with Crippen molar-refractivity contribution in [1.29, 1.82) is 0 Å². The molecule has 0 bridgehead atoms. The van der Waals surface area contributed by atoms with Gasteiger partial charge in [-0.3, -0.25) is 0 Å². The number of hydrogen-bond acceptors (Lipinski definition) is 0. The molecule has 4 aliphatic carbocycles. The van der Waals surface area contributed by atoms with Gasteiger partial charge in [0.1, 0.15) is 0 Å². The van der Waals surface area contributed by atoms with Crippen molar-refractivity contribution in [3.63, 3.8) is 0 Å². The predicted molar refractivity (Wildman–Crippen MR) is 75.8 cm³/mol. The van der Waals surface area contributed by atoms with E-state index in [0.29, 0.717) is 11.3 Å². The Labute approximate surface area is 160 Å². The van der Waals surface area contributed by atoms with Crippen molar-refractivity contribution in [3.8, 4) is 0 Å². The summed E-state index contributed by atoms with van der Waals surface area (Å²) in [5.74, 6) is 2.33. The maximum Gasteiger partial charge on any atom is 3.00 e. The molecule has 0 saturated heterocycles. The first-order valence-electron chi connectivity index (χ1n) is 7.47. The van der Waals surface area contributed by atoms with Crippen molar-refractivity contribution in [2.75, 3.05) is 0 Å². The van der Waals surface area contributed by atoms with Gasteiger partial charge in [0, 0.05) is 0 Å². The summed E-state index contributed by atoms with van der Waals surface area (Å²) in [5.41, 5.74) is 2.12. The van der Waals surface area contributed by atoms with Gasteiger partial charge in [-0.1, -0.05) is 73.6 Å². The zero-order valence-corrected chi connectivity index (χ0v) is 16.1. The standard InChI is InChI=1S/C18H21.2ClH.Zr/c1-4-10-16-14(7-1)13-18(15-8-2-3-9-15)12-6-5-11-17(16)18;;;/h1-4,7-8,10,13-14,16-17H,5-6,9,11-12H2;2*1H;/q-1;;;+3/p-2. The van der Waals surface area contributed by atoms with Crippen molar-refractivity contribution < 1.29 is 51.0 Å². The average molecular weight is 399 g/mol. The maximum atomic E-state index is 2.71. The number of halogens is 2. The first-order valence-corrected chi connectivity index (χ1v) is 7.47. The molecule has 0 aliphatic heterocycles. The van der Waals surface area contributed by atoms with Crippen LogP contribution in [0.15, 0.2) is 48.1 Å². The Morgan fingerprint density at radius 1 is 1.05 bits per heavy atom. The third-order valence-corrected chi connectivity index (χ3v) is 5.56. The molecule has 0 aromatic heterocycles. The van der Waals surface area contributed by atoms with Gasteiger partial charge >= 0.3 is 26.2 Å². The van der Waals surface area contributed by atoms with E-state index in [-0.39, 0.29) is 51.0 Å². The van der Waals surface area contributed by atoms with E-state index in [0.717, 1.165) is 11.8 Å². The third kappa shape index (κ3) is 3.08. The molecule has 0 aromatic rings. The summed E-state index contributed by atoms with van der Waals surface area (Å²) in [6.45, 7) is 0. The van der Waals surface area contributed by atoms with Gasteiger partial charge < -0.3 is 31.2 Å². The Kier molecular flexibility index (Phi) is 7.23. The fourth-order valence-electron chi connectivity index (χ4n) is 4.82. The van der Waals surface area contributed by atoms with Gasteiger partial charge in [0.05, 0.1) is 0 Å². The quantitative estimate of drug-likeness (QED) is 0.478. The molecule has 2 fully saturated rings. The molecule has 4 rings (SSSR count). The van der Waals surface area contributed by atoms with Crippen LogP contribution < -0.4 is 24.8 Å². The molecule has 0 amide bonds. The van der Waals surface area contributed by atoms with Crippen molar-refractivity contribution in [2.45, 2.75) is 32.1 Å². The van der Waals surface area contributed by atoms with Gasteiger partial charge in [-0.15, -0.1) is 17.4 Å². The first-order chi connectivity index (χ1) is 8.90. The molecule has 0 nitrogen and oxygen atoms in total. The van der Waals surface area contributed by atoms with Crippen molar-refractivity contribution >= 4 is 0 Å². The van der Waals surface area contributed by atoms with Crippen LogP contribution in [0.1, 0.15) is 32.1 Å². The summed E-state index contributed by atoms with van der Waals surface area (Å²) < 4.78 is 0. The Balaban J connectivity index is 0.000000735. The maximum absolute atomic E-state index is 2.71. The Hall–Kier alpha value is 0.423. The second-order valence-corrected chi connectivity index (χ2v) is 6.31. The van der Waals surface area contributed by atoms with Gasteiger partial charge in [0.2, 0.25) is 0 Å². The molecular formula is C18H21Cl2Zr. The summed E-state index contributed by atoms with van der Waals surface area (Å²) in [6, 6.07) is 0. The Morgan fingerprint density at radius 3 is 2.62 bits per heavy atom. The zero-order chi connectivity index (χ0) is 12.0. The topological polar surface area (TPSA) is 0 Å². The molecule has 0 aromatic carbocycles. The van der Waals surface area contributed by atoms with Crippen LogP contribution in [0.4, 0.5) is 0 Å². The van der Waals surface area contributed by atoms with E-state index >= 15 is 0 Å². The van der Waals surface area contributed by atoms with E-state index < -0.39 is 0 Å². The van der Waals surface area contributed by atoms with Gasteiger partial charge in [-0.2, -0.15) is 0 Å². The van der Waals surface area contributed by atoms with Crippen LogP contribution in [0.5, 0.6) is 0 Å². The molecule has 0 heterocycles. The van der Waals surface area contributed by atoms with Crippen molar-refractivity contribution in [3.05, 3.63) is 54.5 Å². The fraction of sp³-hybridized carbons (Fsp3) is 0.500. The third-order valence-electron chi connectivity index (χ3n) is 5.56. The monoisotopic (exact) mass is 397 g/mol. The molecule has 3 heteroatoms. The molecule has 4 unspecified atom stereocenters.